The first-order chi connectivity index (χ1) is 11.8. The quantitative estimate of drug-likeness (QED) is 0.801. The van der Waals surface area contributed by atoms with Crippen molar-refractivity contribution in [2.45, 2.75) is 13.0 Å². The minimum Gasteiger partial charge on any atom is -0.314 e. The molecule has 1 aliphatic heterocycles. The van der Waals surface area contributed by atoms with Gasteiger partial charge in [-0.15, -0.1) is 0 Å². The van der Waals surface area contributed by atoms with E-state index in [9.17, 15) is 0 Å². The normalized spacial score (nSPS) is 17.0. The summed E-state index contributed by atoms with van der Waals surface area (Å²) in [5.41, 5.74) is 3.55. The molecule has 3 heteroatoms. The predicted molar refractivity (Wildman–Crippen MR) is 99.2 cm³/mol. The Morgan fingerprint density at radius 1 is 0.917 bits per heavy atom. The number of benzene rings is 2. The lowest BCUT2D eigenvalue weighted by Gasteiger charge is -2.35. The van der Waals surface area contributed by atoms with Crippen molar-refractivity contribution < 1.29 is 0 Å². The van der Waals surface area contributed by atoms with Crippen LogP contribution < -0.4 is 5.32 Å². The lowest BCUT2D eigenvalue weighted by atomic mass is 9.97. The molecule has 1 saturated heterocycles. The molecule has 3 nitrogen and oxygen atoms in total. The maximum atomic E-state index is 4.84. The first kappa shape index (κ1) is 15.3. The Balaban J connectivity index is 1.80. The molecule has 0 saturated carbocycles. The molecule has 2 heterocycles. The van der Waals surface area contributed by atoms with Crippen LogP contribution in [-0.4, -0.2) is 36.1 Å². The van der Waals surface area contributed by atoms with Gasteiger partial charge in [0, 0.05) is 31.9 Å². The van der Waals surface area contributed by atoms with Crippen LogP contribution in [0.15, 0.2) is 60.7 Å². The van der Waals surface area contributed by atoms with Gasteiger partial charge in [-0.1, -0.05) is 42.5 Å². The molecule has 0 radical (unpaired) electrons. The van der Waals surface area contributed by atoms with E-state index < -0.39 is 0 Å². The molecule has 1 aromatic heterocycles. The molecule has 0 aliphatic carbocycles. The number of hydrogen-bond donors (Lipinski definition) is 1. The van der Waals surface area contributed by atoms with Gasteiger partial charge in [0.15, 0.2) is 0 Å². The molecule has 1 unspecified atom stereocenters. The molecule has 1 atom stereocenters. The molecular formula is C21H23N3. The van der Waals surface area contributed by atoms with Crippen molar-refractivity contribution >= 4 is 10.8 Å². The van der Waals surface area contributed by atoms with E-state index in [1.165, 1.54) is 16.3 Å². The molecule has 4 rings (SSSR count). The van der Waals surface area contributed by atoms with Crippen LogP contribution >= 0.6 is 0 Å². The summed E-state index contributed by atoms with van der Waals surface area (Å²) in [4.78, 5) is 7.39. The van der Waals surface area contributed by atoms with E-state index in [0.29, 0.717) is 0 Å². The minimum atomic E-state index is 0.219. The monoisotopic (exact) mass is 317 g/mol. The average Bonchev–Trinajstić information content (AvgIpc) is 2.63. The van der Waals surface area contributed by atoms with Gasteiger partial charge in [0.1, 0.15) is 0 Å². The number of nitrogens with one attached hydrogen (secondary N) is 1. The first-order valence-electron chi connectivity index (χ1n) is 8.68. The van der Waals surface area contributed by atoms with Gasteiger partial charge in [-0.25, -0.2) is 0 Å². The Morgan fingerprint density at radius 2 is 1.71 bits per heavy atom. The van der Waals surface area contributed by atoms with E-state index in [2.05, 4.69) is 77.8 Å². The van der Waals surface area contributed by atoms with E-state index in [1.807, 2.05) is 0 Å². The molecule has 1 fully saturated rings. The number of piperazine rings is 1. The van der Waals surface area contributed by atoms with Gasteiger partial charge in [-0.3, -0.25) is 9.88 Å². The molecule has 1 aliphatic rings. The molecule has 2 aromatic carbocycles. The van der Waals surface area contributed by atoms with Crippen molar-refractivity contribution in [3.05, 3.63) is 77.6 Å². The summed E-state index contributed by atoms with van der Waals surface area (Å²) in [5, 5.41) is 6.04. The number of aryl methyl sites for hydroxylation is 1. The van der Waals surface area contributed by atoms with Gasteiger partial charge in [-0.2, -0.15) is 0 Å². The Morgan fingerprint density at radius 3 is 2.50 bits per heavy atom. The second kappa shape index (κ2) is 6.71. The average molecular weight is 317 g/mol. The molecule has 0 spiro atoms. The van der Waals surface area contributed by atoms with E-state index in [0.717, 1.165) is 37.6 Å². The molecule has 3 aromatic rings. The van der Waals surface area contributed by atoms with Crippen molar-refractivity contribution in [3.63, 3.8) is 0 Å². The number of fused-ring (bicyclic) bond motifs is 1. The Labute approximate surface area is 143 Å². The maximum Gasteiger partial charge on any atom is 0.0777 e. The van der Waals surface area contributed by atoms with Crippen LogP contribution in [0.4, 0.5) is 0 Å². The van der Waals surface area contributed by atoms with Crippen LogP contribution in [0.1, 0.15) is 23.0 Å². The Kier molecular flexibility index (Phi) is 4.28. The highest BCUT2D eigenvalue weighted by molar-refractivity contribution is 5.83. The van der Waals surface area contributed by atoms with Crippen molar-refractivity contribution in [1.82, 2.24) is 15.2 Å². The summed E-state index contributed by atoms with van der Waals surface area (Å²) >= 11 is 0. The predicted octanol–water partition coefficient (Wildman–Crippen LogP) is 3.54. The summed E-state index contributed by atoms with van der Waals surface area (Å²) < 4.78 is 0. The molecule has 122 valence electrons. The molecular weight excluding hydrogens is 294 g/mol. The first-order valence-corrected chi connectivity index (χ1v) is 8.68. The largest absolute Gasteiger partial charge is 0.314 e. The summed E-state index contributed by atoms with van der Waals surface area (Å²) in [6.07, 6.45) is 0. The fraction of sp³-hybridized carbons (Fsp3) is 0.286. The van der Waals surface area contributed by atoms with Crippen LogP contribution in [0, 0.1) is 6.92 Å². The van der Waals surface area contributed by atoms with Gasteiger partial charge in [0.25, 0.3) is 0 Å². The van der Waals surface area contributed by atoms with Crippen LogP contribution in [0.2, 0.25) is 0 Å². The number of nitrogens with zero attached hydrogens (tertiary/aromatic N) is 2. The van der Waals surface area contributed by atoms with Crippen molar-refractivity contribution in [2.24, 2.45) is 0 Å². The highest BCUT2D eigenvalue weighted by atomic mass is 15.2. The Hall–Kier alpha value is -2.23. The zero-order chi connectivity index (χ0) is 16.4. The van der Waals surface area contributed by atoms with E-state index in [4.69, 9.17) is 4.98 Å². The van der Waals surface area contributed by atoms with Gasteiger partial charge >= 0.3 is 0 Å². The van der Waals surface area contributed by atoms with Crippen molar-refractivity contribution in [1.29, 1.82) is 0 Å². The number of pyridine rings is 1. The van der Waals surface area contributed by atoms with Crippen LogP contribution in [0.3, 0.4) is 0 Å². The maximum absolute atomic E-state index is 4.84. The van der Waals surface area contributed by atoms with Gasteiger partial charge < -0.3 is 5.32 Å². The fourth-order valence-corrected chi connectivity index (χ4v) is 3.60. The van der Waals surface area contributed by atoms with E-state index in [-0.39, 0.29) is 6.04 Å². The SMILES string of the molecule is Cc1cccc(C(c2ccc3ccccc3c2)N2CCNCC2)n1. The van der Waals surface area contributed by atoms with E-state index >= 15 is 0 Å². The topological polar surface area (TPSA) is 28.2 Å². The zero-order valence-electron chi connectivity index (χ0n) is 14.1. The van der Waals surface area contributed by atoms with Crippen molar-refractivity contribution in [3.8, 4) is 0 Å². The fourth-order valence-electron chi connectivity index (χ4n) is 3.60. The summed E-state index contributed by atoms with van der Waals surface area (Å²) in [6, 6.07) is 22.0. The van der Waals surface area contributed by atoms with E-state index in [1.54, 1.807) is 0 Å². The van der Waals surface area contributed by atoms with Crippen LogP contribution in [-0.2, 0) is 0 Å². The third kappa shape index (κ3) is 3.05. The van der Waals surface area contributed by atoms with Gasteiger partial charge in [-0.05, 0) is 41.5 Å². The molecule has 24 heavy (non-hydrogen) atoms. The third-order valence-electron chi connectivity index (χ3n) is 4.80. The lowest BCUT2D eigenvalue weighted by Crippen LogP contribution is -2.45. The highest BCUT2D eigenvalue weighted by Crippen LogP contribution is 2.30. The highest BCUT2D eigenvalue weighted by Gasteiger charge is 2.25. The lowest BCUT2D eigenvalue weighted by molar-refractivity contribution is 0.195. The molecule has 0 bridgehead atoms. The third-order valence-corrected chi connectivity index (χ3v) is 4.80. The standard InChI is InChI=1S/C21H23N3/c1-16-5-4-8-20(23-16)21(24-13-11-22-12-14-24)19-10-9-17-6-2-3-7-18(17)15-19/h2-10,15,21-22H,11-14H2,1H3. The zero-order valence-corrected chi connectivity index (χ0v) is 14.1. The smallest absolute Gasteiger partial charge is 0.0777 e. The second-order valence-electron chi connectivity index (χ2n) is 6.50. The Bertz CT molecular complexity index is 837. The van der Waals surface area contributed by atoms with Crippen molar-refractivity contribution in [2.75, 3.05) is 26.2 Å². The molecule has 0 amide bonds. The number of aromatic nitrogens is 1. The van der Waals surface area contributed by atoms with Gasteiger partial charge in [0.05, 0.1) is 11.7 Å². The van der Waals surface area contributed by atoms with Crippen LogP contribution in [0.25, 0.3) is 10.8 Å². The van der Waals surface area contributed by atoms with Gasteiger partial charge in [0.2, 0.25) is 0 Å². The summed E-state index contributed by atoms with van der Waals surface area (Å²) in [6.45, 7) is 6.24. The minimum absolute atomic E-state index is 0.219. The number of rotatable bonds is 3. The summed E-state index contributed by atoms with van der Waals surface area (Å²) in [5.74, 6) is 0. The number of hydrogen-bond acceptors (Lipinski definition) is 3. The summed E-state index contributed by atoms with van der Waals surface area (Å²) in [7, 11) is 0. The second-order valence-corrected chi connectivity index (χ2v) is 6.50. The van der Waals surface area contributed by atoms with Crippen LogP contribution in [0.5, 0.6) is 0 Å². The molecule has 1 N–H and O–H groups in total.